The molecule has 8 heteroatoms. The van der Waals surface area contributed by atoms with Gasteiger partial charge < -0.3 is 20.7 Å². The summed E-state index contributed by atoms with van der Waals surface area (Å²) in [5.74, 6) is 0.792. The summed E-state index contributed by atoms with van der Waals surface area (Å²) < 4.78 is 4.57. The smallest absolute Gasteiger partial charge is 0.307 e. The number of nitrogens with two attached hydrogens (primary N) is 1. The van der Waals surface area contributed by atoms with Crippen molar-refractivity contribution in [3.63, 3.8) is 0 Å². The Hall–Kier alpha value is -1.80. The first-order valence-corrected chi connectivity index (χ1v) is 7.48. The van der Waals surface area contributed by atoms with Crippen LogP contribution in [0.25, 0.3) is 0 Å². The number of fused-ring (bicyclic) bond motifs is 1. The molecule has 1 aliphatic rings. The van der Waals surface area contributed by atoms with Crippen molar-refractivity contribution in [1.29, 1.82) is 0 Å². The van der Waals surface area contributed by atoms with Crippen LogP contribution in [0.5, 0.6) is 0 Å². The lowest BCUT2D eigenvalue weighted by Crippen LogP contribution is -2.42. The third-order valence-electron chi connectivity index (χ3n) is 3.14. The van der Waals surface area contributed by atoms with Gasteiger partial charge in [0.15, 0.2) is 0 Å². The van der Waals surface area contributed by atoms with Gasteiger partial charge in [-0.05, 0) is 6.07 Å². The Kier molecular flexibility index (Phi) is 5.03. The molecule has 114 valence electrons. The monoisotopic (exact) mass is 310 g/mol. The Bertz CT molecular complexity index is 552. The Morgan fingerprint density at radius 2 is 2.43 bits per heavy atom. The van der Waals surface area contributed by atoms with Crippen molar-refractivity contribution in [2.24, 2.45) is 5.73 Å². The van der Waals surface area contributed by atoms with Crippen LogP contribution >= 0.6 is 11.8 Å². The summed E-state index contributed by atoms with van der Waals surface area (Å²) in [7, 11) is 3.05. The number of esters is 1. The van der Waals surface area contributed by atoms with E-state index >= 15 is 0 Å². The zero-order chi connectivity index (χ0) is 15.4. The molecule has 0 saturated heterocycles. The van der Waals surface area contributed by atoms with E-state index in [1.165, 1.54) is 23.8 Å². The van der Waals surface area contributed by atoms with Gasteiger partial charge in [0.05, 0.1) is 31.5 Å². The van der Waals surface area contributed by atoms with Crippen LogP contribution in [-0.4, -0.2) is 49.4 Å². The van der Waals surface area contributed by atoms with Crippen molar-refractivity contribution in [2.75, 3.05) is 36.7 Å². The van der Waals surface area contributed by atoms with E-state index in [2.05, 4.69) is 15.0 Å². The van der Waals surface area contributed by atoms with E-state index in [1.807, 2.05) is 6.07 Å². The van der Waals surface area contributed by atoms with Gasteiger partial charge in [-0.1, -0.05) is 0 Å². The van der Waals surface area contributed by atoms with Crippen LogP contribution in [0.4, 0.5) is 11.5 Å². The van der Waals surface area contributed by atoms with Crippen molar-refractivity contribution >= 4 is 35.1 Å². The van der Waals surface area contributed by atoms with Gasteiger partial charge in [0.1, 0.15) is 5.82 Å². The van der Waals surface area contributed by atoms with E-state index in [9.17, 15) is 9.59 Å². The number of nitrogens with one attached hydrogen (secondary N) is 1. The van der Waals surface area contributed by atoms with Crippen LogP contribution in [0.15, 0.2) is 17.2 Å². The van der Waals surface area contributed by atoms with E-state index < -0.39 is 6.04 Å². The fourth-order valence-corrected chi connectivity index (χ4v) is 2.94. The predicted octanol–water partition coefficient (Wildman–Crippen LogP) is 0.452. The molecule has 7 nitrogen and oxygen atoms in total. The fraction of sp³-hybridized carbons (Fsp3) is 0.462. The number of hydrogen-bond acceptors (Lipinski definition) is 7. The maximum absolute atomic E-state index is 12.0. The maximum atomic E-state index is 12.0. The number of amides is 1. The minimum atomic E-state index is -0.511. The molecule has 0 spiro atoms. The Balaban J connectivity index is 2.09. The van der Waals surface area contributed by atoms with Crippen molar-refractivity contribution in [1.82, 2.24) is 4.98 Å². The van der Waals surface area contributed by atoms with Crippen LogP contribution in [0.3, 0.4) is 0 Å². The van der Waals surface area contributed by atoms with Crippen LogP contribution in [-0.2, 0) is 14.3 Å². The summed E-state index contributed by atoms with van der Waals surface area (Å²) in [6, 6.07) is 1.35. The van der Waals surface area contributed by atoms with Gasteiger partial charge in [0, 0.05) is 24.2 Å². The second kappa shape index (κ2) is 6.77. The molecule has 0 aliphatic carbocycles. The van der Waals surface area contributed by atoms with E-state index in [0.29, 0.717) is 18.1 Å². The topological polar surface area (TPSA) is 97.5 Å². The minimum Gasteiger partial charge on any atom is -0.469 e. The van der Waals surface area contributed by atoms with Crippen molar-refractivity contribution in [2.45, 2.75) is 17.4 Å². The third-order valence-corrected chi connectivity index (χ3v) is 4.30. The zero-order valence-corrected chi connectivity index (χ0v) is 12.8. The molecule has 0 fully saturated rings. The number of pyridine rings is 1. The molecule has 3 N–H and O–H groups in total. The second-order valence-electron chi connectivity index (χ2n) is 4.60. The summed E-state index contributed by atoms with van der Waals surface area (Å²) in [5.41, 5.74) is 6.56. The maximum Gasteiger partial charge on any atom is 0.307 e. The van der Waals surface area contributed by atoms with E-state index in [4.69, 9.17) is 5.73 Å². The fourth-order valence-electron chi connectivity index (χ4n) is 1.91. The van der Waals surface area contributed by atoms with Crippen molar-refractivity contribution < 1.29 is 14.3 Å². The lowest BCUT2D eigenvalue weighted by atomic mass is 10.3. The molecule has 1 aromatic heterocycles. The number of anilines is 2. The minimum absolute atomic E-state index is 0.116. The highest BCUT2D eigenvalue weighted by Gasteiger charge is 2.26. The molecule has 1 amide bonds. The largest absolute Gasteiger partial charge is 0.469 e. The number of aromatic nitrogens is 1. The summed E-state index contributed by atoms with van der Waals surface area (Å²) in [5, 5.41) is 3.06. The SMILES string of the molecule is COC(=O)CCNc1cc2c(cn1)N(C)C(=O)[C@@H](N)CS2. The van der Waals surface area contributed by atoms with Gasteiger partial charge in [0.25, 0.3) is 0 Å². The number of hydrogen-bond donors (Lipinski definition) is 2. The molecular formula is C13H18N4O3S. The summed E-state index contributed by atoms with van der Waals surface area (Å²) in [6.45, 7) is 0.442. The van der Waals surface area contributed by atoms with E-state index in [0.717, 1.165) is 10.6 Å². The van der Waals surface area contributed by atoms with Crippen LogP contribution in [0.2, 0.25) is 0 Å². The standard InChI is InChI=1S/C13H18N4O3S/c1-17-9-6-16-11(15-4-3-12(18)20-2)5-10(9)21-7-8(14)13(17)19/h5-6,8H,3-4,7,14H2,1-2H3,(H,15,16)/t8-/m0/s1. The van der Waals surface area contributed by atoms with Crippen molar-refractivity contribution in [3.8, 4) is 0 Å². The number of carbonyl (C=O) groups excluding carboxylic acids is 2. The van der Waals surface area contributed by atoms with Gasteiger partial charge in [-0.2, -0.15) is 0 Å². The highest BCUT2D eigenvalue weighted by molar-refractivity contribution is 7.99. The number of thioether (sulfide) groups is 1. The number of carbonyl (C=O) groups is 2. The van der Waals surface area contributed by atoms with E-state index in [-0.39, 0.29) is 18.3 Å². The lowest BCUT2D eigenvalue weighted by Gasteiger charge is -2.18. The van der Waals surface area contributed by atoms with Gasteiger partial charge in [0.2, 0.25) is 5.91 Å². The first-order chi connectivity index (χ1) is 10.0. The van der Waals surface area contributed by atoms with Gasteiger partial charge in [-0.15, -0.1) is 11.8 Å². The number of nitrogens with zero attached hydrogens (tertiary/aromatic N) is 2. The molecule has 0 saturated carbocycles. The van der Waals surface area contributed by atoms with Gasteiger partial charge in [-0.3, -0.25) is 9.59 Å². The number of rotatable bonds is 4. The molecule has 2 rings (SSSR count). The molecule has 1 aromatic rings. The predicted molar refractivity (Wildman–Crippen MR) is 81.5 cm³/mol. The molecule has 21 heavy (non-hydrogen) atoms. The highest BCUT2D eigenvalue weighted by Crippen LogP contribution is 2.34. The van der Waals surface area contributed by atoms with Gasteiger partial charge >= 0.3 is 5.97 Å². The van der Waals surface area contributed by atoms with Crippen LogP contribution < -0.4 is 16.0 Å². The molecule has 2 heterocycles. The number of methoxy groups -OCH3 is 1. The Morgan fingerprint density at radius 3 is 3.14 bits per heavy atom. The average molecular weight is 310 g/mol. The molecule has 0 unspecified atom stereocenters. The summed E-state index contributed by atoms with van der Waals surface area (Å²) in [4.78, 5) is 29.7. The molecule has 0 radical (unpaired) electrons. The van der Waals surface area contributed by atoms with E-state index in [1.54, 1.807) is 13.2 Å². The first-order valence-electron chi connectivity index (χ1n) is 6.49. The lowest BCUT2D eigenvalue weighted by molar-refractivity contribution is -0.140. The second-order valence-corrected chi connectivity index (χ2v) is 5.67. The van der Waals surface area contributed by atoms with Crippen LogP contribution in [0.1, 0.15) is 6.42 Å². The normalized spacial score (nSPS) is 18.0. The molecule has 1 aliphatic heterocycles. The molecular weight excluding hydrogens is 292 g/mol. The summed E-state index contributed by atoms with van der Waals surface area (Å²) in [6.07, 6.45) is 1.91. The number of likely N-dealkylation sites (N-methyl/N-ethyl adjacent to an activating group) is 1. The molecule has 0 bridgehead atoms. The molecule has 0 aromatic carbocycles. The Morgan fingerprint density at radius 1 is 1.67 bits per heavy atom. The Labute approximate surface area is 127 Å². The van der Waals surface area contributed by atoms with Gasteiger partial charge in [-0.25, -0.2) is 4.98 Å². The average Bonchev–Trinajstić information content (AvgIpc) is 2.60. The van der Waals surface area contributed by atoms with Crippen LogP contribution in [0, 0.1) is 0 Å². The summed E-state index contributed by atoms with van der Waals surface area (Å²) >= 11 is 1.52. The highest BCUT2D eigenvalue weighted by atomic mass is 32.2. The molecule has 1 atom stereocenters. The quantitative estimate of drug-likeness (QED) is 0.779. The van der Waals surface area contributed by atoms with Crippen molar-refractivity contribution in [3.05, 3.63) is 12.3 Å². The number of ether oxygens (including phenoxy) is 1. The zero-order valence-electron chi connectivity index (χ0n) is 12.0. The first kappa shape index (κ1) is 15.6. The third kappa shape index (κ3) is 3.64.